The monoisotopic (exact) mass is 333 g/mol. The number of H-pyrrole nitrogens is 1. The van der Waals surface area contributed by atoms with Gasteiger partial charge < -0.3 is 14.6 Å². The number of benzene rings is 1. The van der Waals surface area contributed by atoms with E-state index in [9.17, 15) is 9.59 Å². The summed E-state index contributed by atoms with van der Waals surface area (Å²) in [5.41, 5.74) is 0.258. The average Bonchev–Trinajstić information content (AvgIpc) is 2.94. The van der Waals surface area contributed by atoms with Gasteiger partial charge in [-0.25, -0.2) is 4.79 Å². The number of hydrogen-bond acceptors (Lipinski definition) is 4. The molecule has 1 saturated heterocycles. The van der Waals surface area contributed by atoms with Crippen molar-refractivity contribution in [3.05, 3.63) is 57.2 Å². The van der Waals surface area contributed by atoms with Crippen molar-refractivity contribution in [2.75, 3.05) is 13.1 Å². The lowest BCUT2D eigenvalue weighted by atomic mass is 10.3. The molecule has 1 N–H and O–H groups in total. The molecule has 0 aliphatic carbocycles. The first-order chi connectivity index (χ1) is 11.0. The third-order valence-electron chi connectivity index (χ3n) is 3.63. The number of rotatable bonds is 3. The highest BCUT2D eigenvalue weighted by Crippen LogP contribution is 2.22. The van der Waals surface area contributed by atoms with Crippen LogP contribution in [0.1, 0.15) is 22.6 Å². The van der Waals surface area contributed by atoms with Gasteiger partial charge in [0, 0.05) is 23.7 Å². The number of carbonyl (C=O) groups excluding carboxylic acids is 1. The molecule has 0 radical (unpaired) electrons. The Balaban J connectivity index is 1.67. The van der Waals surface area contributed by atoms with Crippen LogP contribution in [0.25, 0.3) is 0 Å². The number of aryl methyl sites for hydroxylation is 1. The van der Waals surface area contributed by atoms with E-state index in [1.165, 1.54) is 0 Å². The summed E-state index contributed by atoms with van der Waals surface area (Å²) in [7, 11) is 0. The molecule has 0 saturated carbocycles. The molecular weight excluding hydrogens is 318 g/mol. The summed E-state index contributed by atoms with van der Waals surface area (Å²) in [6.45, 7) is 2.74. The highest BCUT2D eigenvalue weighted by atomic mass is 35.5. The predicted octanol–water partition coefficient (Wildman–Crippen LogP) is 2.03. The van der Waals surface area contributed by atoms with Crippen molar-refractivity contribution < 1.29 is 9.53 Å². The van der Waals surface area contributed by atoms with Crippen LogP contribution in [0.3, 0.4) is 0 Å². The number of nitrogens with one attached hydrogen (secondary N) is 1. The number of halogens is 1. The molecule has 1 fully saturated rings. The minimum atomic E-state index is -0.515. The topological polar surface area (TPSA) is 75.3 Å². The molecule has 1 aromatic carbocycles. The fraction of sp³-hybridized carbons (Fsp3) is 0.312. The molecule has 1 aliphatic rings. The number of nitrogens with zero attached hydrogens (tertiary/aromatic N) is 2. The van der Waals surface area contributed by atoms with Gasteiger partial charge in [-0.15, -0.1) is 0 Å². The minimum absolute atomic E-state index is 0.0967. The number of aromatic amines is 1. The second-order valence-electron chi connectivity index (χ2n) is 5.49. The molecule has 6 nitrogen and oxygen atoms in total. The zero-order valence-electron chi connectivity index (χ0n) is 12.6. The van der Waals surface area contributed by atoms with Crippen LogP contribution in [0.2, 0.25) is 5.02 Å². The van der Waals surface area contributed by atoms with Crippen LogP contribution in [-0.4, -0.2) is 40.0 Å². The Kier molecular flexibility index (Phi) is 4.34. The summed E-state index contributed by atoms with van der Waals surface area (Å²) in [4.78, 5) is 31.7. The van der Waals surface area contributed by atoms with E-state index in [4.69, 9.17) is 16.3 Å². The van der Waals surface area contributed by atoms with E-state index in [0.29, 0.717) is 29.6 Å². The van der Waals surface area contributed by atoms with Crippen LogP contribution in [0, 0.1) is 6.92 Å². The number of carbonyl (C=O) groups is 1. The summed E-state index contributed by atoms with van der Waals surface area (Å²) in [6.07, 6.45) is 0.626. The number of hydrogen-bond donors (Lipinski definition) is 1. The van der Waals surface area contributed by atoms with Crippen molar-refractivity contribution in [2.45, 2.75) is 19.4 Å². The molecule has 2 heterocycles. The molecule has 3 rings (SSSR count). The summed E-state index contributed by atoms with van der Waals surface area (Å²) in [6, 6.07) is 8.75. The number of ether oxygens (including phenoxy) is 1. The predicted molar refractivity (Wildman–Crippen MR) is 86.0 cm³/mol. The van der Waals surface area contributed by atoms with Gasteiger partial charge in [0.05, 0.1) is 6.54 Å². The highest BCUT2D eigenvalue weighted by molar-refractivity contribution is 6.30. The maximum absolute atomic E-state index is 12.4. The van der Waals surface area contributed by atoms with Gasteiger partial charge in [-0.3, -0.25) is 4.79 Å². The Morgan fingerprint density at radius 3 is 3.00 bits per heavy atom. The Morgan fingerprint density at radius 1 is 1.43 bits per heavy atom. The van der Waals surface area contributed by atoms with Gasteiger partial charge in [-0.1, -0.05) is 17.7 Å². The number of aromatic nitrogens is 2. The van der Waals surface area contributed by atoms with Crippen LogP contribution in [0.15, 0.2) is 35.1 Å². The second-order valence-corrected chi connectivity index (χ2v) is 5.93. The van der Waals surface area contributed by atoms with E-state index < -0.39 is 5.69 Å². The van der Waals surface area contributed by atoms with Crippen molar-refractivity contribution in [3.63, 3.8) is 0 Å². The van der Waals surface area contributed by atoms with E-state index in [1.54, 1.807) is 30.0 Å². The lowest BCUT2D eigenvalue weighted by molar-refractivity contribution is 0.0766. The Hall–Kier alpha value is -2.34. The van der Waals surface area contributed by atoms with E-state index in [-0.39, 0.29) is 17.7 Å². The molecule has 1 amide bonds. The number of amides is 1. The standard InChI is InChI=1S/C16H16ClN3O3/c1-10-7-14(19-16(22)18-10)15(21)20-6-5-13(9-20)23-12-4-2-3-11(17)8-12/h2-4,7-8,13H,5-6,9H2,1H3,(H,18,19,22)/t13-/m1/s1. The Bertz CT molecular complexity index is 790. The number of likely N-dealkylation sites (tertiary alicyclic amines) is 1. The van der Waals surface area contributed by atoms with E-state index in [1.807, 2.05) is 12.1 Å². The first-order valence-corrected chi connectivity index (χ1v) is 7.68. The first kappa shape index (κ1) is 15.6. The molecule has 2 aromatic rings. The normalized spacial score (nSPS) is 17.3. The average molecular weight is 334 g/mol. The second kappa shape index (κ2) is 6.42. The quantitative estimate of drug-likeness (QED) is 0.932. The van der Waals surface area contributed by atoms with Gasteiger partial charge in [-0.2, -0.15) is 4.98 Å². The van der Waals surface area contributed by atoms with Crippen LogP contribution in [0.5, 0.6) is 5.75 Å². The van der Waals surface area contributed by atoms with Crippen molar-refractivity contribution >= 4 is 17.5 Å². The summed E-state index contributed by atoms with van der Waals surface area (Å²) in [5.74, 6) is 0.429. The summed E-state index contributed by atoms with van der Waals surface area (Å²) < 4.78 is 5.85. The van der Waals surface area contributed by atoms with E-state index in [2.05, 4.69) is 9.97 Å². The maximum atomic E-state index is 12.4. The minimum Gasteiger partial charge on any atom is -0.488 e. The molecule has 0 spiro atoms. The van der Waals surface area contributed by atoms with Crippen molar-refractivity contribution in [3.8, 4) is 5.75 Å². The van der Waals surface area contributed by atoms with Crippen LogP contribution in [0.4, 0.5) is 0 Å². The van der Waals surface area contributed by atoms with Crippen molar-refractivity contribution in [1.82, 2.24) is 14.9 Å². The van der Waals surface area contributed by atoms with Gasteiger partial charge in [0.2, 0.25) is 0 Å². The van der Waals surface area contributed by atoms with Gasteiger partial charge in [-0.05, 0) is 31.2 Å². The largest absolute Gasteiger partial charge is 0.488 e. The fourth-order valence-corrected chi connectivity index (χ4v) is 2.77. The lowest BCUT2D eigenvalue weighted by Crippen LogP contribution is -2.33. The Morgan fingerprint density at radius 2 is 2.26 bits per heavy atom. The molecule has 1 atom stereocenters. The maximum Gasteiger partial charge on any atom is 0.345 e. The summed E-state index contributed by atoms with van der Waals surface area (Å²) >= 11 is 5.93. The first-order valence-electron chi connectivity index (χ1n) is 7.31. The van der Waals surface area contributed by atoms with Crippen molar-refractivity contribution in [2.24, 2.45) is 0 Å². The SMILES string of the molecule is Cc1cc(C(=O)N2CC[C@@H](Oc3cccc(Cl)c3)C2)nc(=O)[nH]1. The van der Waals surface area contributed by atoms with Crippen LogP contribution in [-0.2, 0) is 0 Å². The van der Waals surface area contributed by atoms with Crippen LogP contribution >= 0.6 is 11.6 Å². The van der Waals surface area contributed by atoms with Gasteiger partial charge in [0.1, 0.15) is 17.5 Å². The molecular formula is C16H16ClN3O3. The molecule has 7 heteroatoms. The zero-order chi connectivity index (χ0) is 16.4. The van der Waals surface area contributed by atoms with Gasteiger partial charge >= 0.3 is 5.69 Å². The zero-order valence-corrected chi connectivity index (χ0v) is 13.3. The van der Waals surface area contributed by atoms with Crippen molar-refractivity contribution in [1.29, 1.82) is 0 Å². The van der Waals surface area contributed by atoms with Gasteiger partial charge in [0.25, 0.3) is 5.91 Å². The molecule has 0 bridgehead atoms. The Labute approximate surface area is 138 Å². The third kappa shape index (κ3) is 3.71. The van der Waals surface area contributed by atoms with Crippen LogP contribution < -0.4 is 10.4 Å². The van der Waals surface area contributed by atoms with Gasteiger partial charge in [0.15, 0.2) is 0 Å². The smallest absolute Gasteiger partial charge is 0.345 e. The fourth-order valence-electron chi connectivity index (χ4n) is 2.59. The highest BCUT2D eigenvalue weighted by Gasteiger charge is 2.29. The third-order valence-corrected chi connectivity index (χ3v) is 3.86. The molecule has 1 aromatic heterocycles. The van der Waals surface area contributed by atoms with E-state index >= 15 is 0 Å². The lowest BCUT2D eigenvalue weighted by Gasteiger charge is -2.17. The molecule has 1 aliphatic heterocycles. The molecule has 0 unspecified atom stereocenters. The molecule has 23 heavy (non-hydrogen) atoms. The molecule has 120 valence electrons. The summed E-state index contributed by atoms with van der Waals surface area (Å²) in [5, 5.41) is 0.608. The van der Waals surface area contributed by atoms with E-state index in [0.717, 1.165) is 6.42 Å².